The molecule has 10 atom stereocenters. The van der Waals surface area contributed by atoms with E-state index in [9.17, 15) is 25.5 Å². The van der Waals surface area contributed by atoms with Gasteiger partial charge in [-0.3, -0.25) is 0 Å². The van der Waals surface area contributed by atoms with Crippen molar-refractivity contribution in [3.63, 3.8) is 0 Å². The maximum absolute atomic E-state index is 10.1. The van der Waals surface area contributed by atoms with Gasteiger partial charge in [-0.05, 0) is 0 Å². The van der Waals surface area contributed by atoms with Gasteiger partial charge in [-0.15, -0.1) is 0 Å². The van der Waals surface area contributed by atoms with Gasteiger partial charge < -0.3 is 56.3 Å². The third-order valence-electron chi connectivity index (χ3n) is 4.13. The van der Waals surface area contributed by atoms with Crippen LogP contribution in [0.25, 0.3) is 0 Å². The van der Waals surface area contributed by atoms with Crippen LogP contribution < -0.4 is 11.5 Å². The number of hydrogen-bond acceptors (Lipinski definition) is 11. The quantitative estimate of drug-likeness (QED) is 0.242. The zero-order valence-corrected chi connectivity index (χ0v) is 12.3. The van der Waals surface area contributed by atoms with E-state index < -0.39 is 74.5 Å². The Labute approximate surface area is 132 Å². The first-order chi connectivity index (χ1) is 10.8. The molecule has 2 aliphatic rings. The molecule has 10 unspecified atom stereocenters. The molecule has 0 aromatic carbocycles. The molecule has 2 aliphatic heterocycles. The Balaban J connectivity index is 2.11. The molecule has 2 heterocycles. The molecule has 2 saturated heterocycles. The van der Waals surface area contributed by atoms with Gasteiger partial charge in [-0.2, -0.15) is 0 Å². The van der Waals surface area contributed by atoms with Crippen LogP contribution in [0, 0.1) is 0 Å². The largest absolute Gasteiger partial charge is 0.394 e. The molecule has 136 valence electrons. The standard InChI is InChI=1S/C12H24N2O9/c13-5-10(7(18)4(2-16)21-11(5)14)23-12-9(20)8(19)6(17)3(1-15)22-12/h3-12,15-20H,1-2,13-14H2. The fourth-order valence-electron chi connectivity index (χ4n) is 2.66. The van der Waals surface area contributed by atoms with Gasteiger partial charge in [0.2, 0.25) is 0 Å². The molecule has 0 spiro atoms. The summed E-state index contributed by atoms with van der Waals surface area (Å²) < 4.78 is 15.7. The lowest BCUT2D eigenvalue weighted by Gasteiger charge is -2.45. The normalized spacial score (nSPS) is 51.7. The van der Waals surface area contributed by atoms with Crippen LogP contribution in [-0.2, 0) is 14.2 Å². The summed E-state index contributed by atoms with van der Waals surface area (Å²) in [5.41, 5.74) is 11.5. The second-order valence-corrected chi connectivity index (χ2v) is 5.69. The van der Waals surface area contributed by atoms with Crippen molar-refractivity contribution >= 4 is 0 Å². The van der Waals surface area contributed by atoms with E-state index >= 15 is 0 Å². The Kier molecular flexibility index (Phi) is 6.27. The molecule has 0 aromatic rings. The monoisotopic (exact) mass is 340 g/mol. The van der Waals surface area contributed by atoms with E-state index in [-0.39, 0.29) is 0 Å². The number of hydrogen-bond donors (Lipinski definition) is 8. The molecule has 0 radical (unpaired) electrons. The van der Waals surface area contributed by atoms with Gasteiger partial charge in [0, 0.05) is 0 Å². The van der Waals surface area contributed by atoms with E-state index in [4.69, 9.17) is 30.8 Å². The Morgan fingerprint density at radius 1 is 0.783 bits per heavy atom. The molecule has 2 rings (SSSR count). The third-order valence-corrected chi connectivity index (χ3v) is 4.13. The number of nitrogens with two attached hydrogens (primary N) is 2. The molecule has 0 aromatic heterocycles. The van der Waals surface area contributed by atoms with Crippen molar-refractivity contribution in [3.05, 3.63) is 0 Å². The number of aliphatic hydroxyl groups excluding tert-OH is 6. The van der Waals surface area contributed by atoms with Crippen molar-refractivity contribution in [3.8, 4) is 0 Å². The van der Waals surface area contributed by atoms with Gasteiger partial charge in [0.05, 0.1) is 19.3 Å². The van der Waals surface area contributed by atoms with Crippen LogP contribution in [0.1, 0.15) is 0 Å². The van der Waals surface area contributed by atoms with Crippen molar-refractivity contribution in [1.29, 1.82) is 0 Å². The topological polar surface area (TPSA) is 201 Å². The van der Waals surface area contributed by atoms with Gasteiger partial charge >= 0.3 is 0 Å². The predicted octanol–water partition coefficient (Wildman–Crippen LogP) is -5.46. The van der Waals surface area contributed by atoms with Gasteiger partial charge in [-0.1, -0.05) is 0 Å². The molecule has 11 heteroatoms. The second kappa shape index (κ2) is 7.63. The lowest BCUT2D eigenvalue weighted by Crippen LogP contribution is -2.68. The van der Waals surface area contributed by atoms with Crippen molar-refractivity contribution in [2.24, 2.45) is 11.5 Å². The summed E-state index contributed by atoms with van der Waals surface area (Å²) in [5, 5.41) is 57.8. The summed E-state index contributed by atoms with van der Waals surface area (Å²) in [5.74, 6) is 0. The highest BCUT2D eigenvalue weighted by Gasteiger charge is 2.49. The lowest BCUT2D eigenvalue weighted by molar-refractivity contribution is -0.330. The third kappa shape index (κ3) is 3.65. The number of ether oxygens (including phenoxy) is 3. The SMILES string of the molecule is NC1OC(CO)C(O)C(OC2OC(CO)C(O)C(O)C2O)C1N. The smallest absolute Gasteiger partial charge is 0.187 e. The van der Waals surface area contributed by atoms with Crippen LogP contribution in [0.4, 0.5) is 0 Å². The van der Waals surface area contributed by atoms with E-state index in [0.29, 0.717) is 0 Å². The fraction of sp³-hybridized carbons (Fsp3) is 1.00. The van der Waals surface area contributed by atoms with Crippen molar-refractivity contribution in [1.82, 2.24) is 0 Å². The number of rotatable bonds is 4. The average Bonchev–Trinajstić information content (AvgIpc) is 2.54. The van der Waals surface area contributed by atoms with Crippen LogP contribution in [0.15, 0.2) is 0 Å². The second-order valence-electron chi connectivity index (χ2n) is 5.69. The van der Waals surface area contributed by atoms with Crippen LogP contribution in [0.2, 0.25) is 0 Å². The van der Waals surface area contributed by atoms with Crippen LogP contribution in [0.3, 0.4) is 0 Å². The predicted molar refractivity (Wildman–Crippen MR) is 72.6 cm³/mol. The first kappa shape index (κ1) is 18.9. The minimum Gasteiger partial charge on any atom is -0.394 e. The Morgan fingerprint density at radius 2 is 1.35 bits per heavy atom. The van der Waals surface area contributed by atoms with E-state index in [1.165, 1.54) is 0 Å². The van der Waals surface area contributed by atoms with Crippen LogP contribution in [-0.4, -0.2) is 105 Å². The molecule has 2 fully saturated rings. The minimum atomic E-state index is -1.64. The fourth-order valence-corrected chi connectivity index (χ4v) is 2.66. The summed E-state index contributed by atoms with van der Waals surface area (Å²) in [6, 6.07) is -1.000. The zero-order chi connectivity index (χ0) is 17.3. The maximum Gasteiger partial charge on any atom is 0.187 e. The summed E-state index contributed by atoms with van der Waals surface area (Å²) >= 11 is 0. The molecule has 0 aliphatic carbocycles. The molecule has 0 bridgehead atoms. The highest BCUT2D eigenvalue weighted by atomic mass is 16.7. The summed E-state index contributed by atoms with van der Waals surface area (Å²) in [4.78, 5) is 0. The average molecular weight is 340 g/mol. The first-order valence-electron chi connectivity index (χ1n) is 7.23. The lowest BCUT2D eigenvalue weighted by atomic mass is 9.95. The van der Waals surface area contributed by atoms with Gasteiger partial charge in [0.1, 0.15) is 49.0 Å². The summed E-state index contributed by atoms with van der Waals surface area (Å²) in [6.07, 6.45) is -12.0. The molecule has 0 amide bonds. The molecule has 0 saturated carbocycles. The maximum atomic E-state index is 10.1. The van der Waals surface area contributed by atoms with Crippen molar-refractivity contribution < 1.29 is 44.8 Å². The Bertz CT molecular complexity index is 388. The van der Waals surface area contributed by atoms with E-state index in [2.05, 4.69) is 0 Å². The molecular weight excluding hydrogens is 316 g/mol. The Hall–Kier alpha value is -0.440. The minimum absolute atomic E-state index is 0.532. The van der Waals surface area contributed by atoms with Gasteiger partial charge in [-0.25, -0.2) is 0 Å². The van der Waals surface area contributed by atoms with Gasteiger partial charge in [0.25, 0.3) is 0 Å². The van der Waals surface area contributed by atoms with E-state index in [0.717, 1.165) is 0 Å². The van der Waals surface area contributed by atoms with Crippen LogP contribution in [0.5, 0.6) is 0 Å². The molecule has 11 nitrogen and oxygen atoms in total. The molecular formula is C12H24N2O9. The molecule has 23 heavy (non-hydrogen) atoms. The van der Waals surface area contributed by atoms with Gasteiger partial charge in [0.15, 0.2) is 6.29 Å². The van der Waals surface area contributed by atoms with Crippen molar-refractivity contribution in [2.75, 3.05) is 13.2 Å². The highest BCUT2D eigenvalue weighted by Crippen LogP contribution is 2.27. The van der Waals surface area contributed by atoms with Crippen molar-refractivity contribution in [2.45, 2.75) is 61.3 Å². The van der Waals surface area contributed by atoms with E-state index in [1.807, 2.05) is 0 Å². The Morgan fingerprint density at radius 3 is 1.91 bits per heavy atom. The highest BCUT2D eigenvalue weighted by molar-refractivity contribution is 4.96. The first-order valence-corrected chi connectivity index (χ1v) is 7.23. The number of aliphatic hydroxyl groups is 6. The van der Waals surface area contributed by atoms with E-state index in [1.54, 1.807) is 0 Å². The zero-order valence-electron chi connectivity index (χ0n) is 12.3. The summed E-state index contributed by atoms with van der Waals surface area (Å²) in [7, 11) is 0. The molecule has 10 N–H and O–H groups in total. The van der Waals surface area contributed by atoms with Crippen LogP contribution >= 0.6 is 0 Å². The summed E-state index contributed by atoms with van der Waals surface area (Å²) in [6.45, 7) is -1.15.